The molecule has 0 radical (unpaired) electrons. The number of nitrogens with zero attached hydrogens (tertiary/aromatic N) is 2. The molecule has 0 bridgehead atoms. The van der Waals surface area contributed by atoms with Gasteiger partial charge in [0.2, 0.25) is 5.91 Å². The van der Waals surface area contributed by atoms with E-state index in [1.54, 1.807) is 30.6 Å². The van der Waals surface area contributed by atoms with Gasteiger partial charge in [-0.1, -0.05) is 23.2 Å². The van der Waals surface area contributed by atoms with Crippen molar-refractivity contribution in [2.24, 2.45) is 0 Å². The highest BCUT2D eigenvalue weighted by Crippen LogP contribution is 2.24. The third-order valence-corrected chi connectivity index (χ3v) is 3.56. The van der Waals surface area contributed by atoms with Crippen LogP contribution >= 0.6 is 23.2 Å². The fourth-order valence-electron chi connectivity index (χ4n) is 1.88. The number of nitrogens with one attached hydrogen (secondary N) is 1. The lowest BCUT2D eigenvalue weighted by molar-refractivity contribution is -0.117. The topological polar surface area (TPSA) is 45.2 Å². The molecular formula is C15H15Cl2N3O. The summed E-state index contributed by atoms with van der Waals surface area (Å²) in [5, 5.41) is 3.67. The van der Waals surface area contributed by atoms with Gasteiger partial charge in [-0.05, 0) is 42.9 Å². The van der Waals surface area contributed by atoms with Crippen molar-refractivity contribution in [2.75, 3.05) is 18.9 Å². The highest BCUT2D eigenvalue weighted by molar-refractivity contribution is 6.42. The fourth-order valence-corrected chi connectivity index (χ4v) is 2.17. The van der Waals surface area contributed by atoms with E-state index >= 15 is 0 Å². The Balaban J connectivity index is 1.87. The molecule has 110 valence electrons. The Morgan fingerprint density at radius 1 is 1.19 bits per heavy atom. The lowest BCUT2D eigenvalue weighted by Gasteiger charge is -2.16. The first-order valence-electron chi connectivity index (χ1n) is 6.37. The zero-order valence-corrected chi connectivity index (χ0v) is 13.0. The Morgan fingerprint density at radius 2 is 1.90 bits per heavy atom. The zero-order valence-electron chi connectivity index (χ0n) is 11.5. The van der Waals surface area contributed by atoms with Crippen LogP contribution in [0.5, 0.6) is 0 Å². The highest BCUT2D eigenvalue weighted by atomic mass is 35.5. The SMILES string of the molecule is CN(CC(=O)Nc1ccc(Cl)c(Cl)c1)Cc1ccncc1. The average Bonchev–Trinajstić information content (AvgIpc) is 2.43. The molecule has 0 saturated carbocycles. The maximum atomic E-state index is 12.0. The van der Waals surface area contributed by atoms with Gasteiger partial charge in [-0.2, -0.15) is 0 Å². The first-order chi connectivity index (χ1) is 10.0. The Labute approximate surface area is 133 Å². The van der Waals surface area contributed by atoms with E-state index < -0.39 is 0 Å². The number of hydrogen-bond donors (Lipinski definition) is 1. The van der Waals surface area contributed by atoms with Crippen molar-refractivity contribution in [2.45, 2.75) is 6.54 Å². The molecule has 2 rings (SSSR count). The second-order valence-corrected chi connectivity index (χ2v) is 5.52. The van der Waals surface area contributed by atoms with Crippen LogP contribution in [0.2, 0.25) is 10.0 Å². The van der Waals surface area contributed by atoms with Crippen LogP contribution in [0.1, 0.15) is 5.56 Å². The van der Waals surface area contributed by atoms with E-state index in [1.165, 1.54) is 0 Å². The summed E-state index contributed by atoms with van der Waals surface area (Å²) in [6.07, 6.45) is 3.47. The van der Waals surface area contributed by atoms with Gasteiger partial charge in [0.25, 0.3) is 0 Å². The molecule has 1 heterocycles. The summed E-state index contributed by atoms with van der Waals surface area (Å²) >= 11 is 11.7. The van der Waals surface area contributed by atoms with Gasteiger partial charge in [-0.25, -0.2) is 0 Å². The summed E-state index contributed by atoms with van der Waals surface area (Å²) in [7, 11) is 1.88. The second-order valence-electron chi connectivity index (χ2n) is 4.70. The molecule has 0 aliphatic carbocycles. The molecule has 0 aliphatic rings. The molecule has 6 heteroatoms. The number of hydrogen-bond acceptors (Lipinski definition) is 3. The molecule has 21 heavy (non-hydrogen) atoms. The number of carbonyl (C=O) groups is 1. The average molecular weight is 324 g/mol. The van der Waals surface area contributed by atoms with Crippen LogP contribution in [0.25, 0.3) is 0 Å². The summed E-state index contributed by atoms with van der Waals surface area (Å²) in [6.45, 7) is 0.958. The van der Waals surface area contributed by atoms with Crippen LogP contribution in [0.3, 0.4) is 0 Å². The predicted octanol–water partition coefficient (Wildman–Crippen LogP) is 3.46. The third-order valence-electron chi connectivity index (χ3n) is 2.82. The minimum Gasteiger partial charge on any atom is -0.325 e. The molecule has 1 N–H and O–H groups in total. The number of amides is 1. The zero-order chi connectivity index (χ0) is 15.2. The van der Waals surface area contributed by atoms with E-state index in [0.29, 0.717) is 22.3 Å². The number of pyridine rings is 1. The third kappa shape index (κ3) is 5.01. The molecule has 2 aromatic rings. The Kier molecular flexibility index (Phi) is 5.56. The van der Waals surface area contributed by atoms with Crippen molar-refractivity contribution in [3.63, 3.8) is 0 Å². The summed E-state index contributed by atoms with van der Waals surface area (Å²) in [5.74, 6) is -0.107. The number of benzene rings is 1. The summed E-state index contributed by atoms with van der Waals surface area (Å²) in [4.78, 5) is 17.9. The van der Waals surface area contributed by atoms with Crippen molar-refractivity contribution in [1.82, 2.24) is 9.88 Å². The van der Waals surface area contributed by atoms with Crippen molar-refractivity contribution >= 4 is 34.8 Å². The maximum Gasteiger partial charge on any atom is 0.238 e. The predicted molar refractivity (Wildman–Crippen MR) is 85.7 cm³/mol. The fraction of sp³-hybridized carbons (Fsp3) is 0.200. The van der Waals surface area contributed by atoms with Gasteiger partial charge in [0.1, 0.15) is 0 Å². The first-order valence-corrected chi connectivity index (χ1v) is 7.12. The smallest absolute Gasteiger partial charge is 0.238 e. The summed E-state index contributed by atoms with van der Waals surface area (Å²) in [5.41, 5.74) is 1.74. The molecule has 1 aromatic carbocycles. The van der Waals surface area contributed by atoms with Gasteiger partial charge < -0.3 is 5.32 Å². The maximum absolute atomic E-state index is 12.0. The van der Waals surface area contributed by atoms with Crippen molar-refractivity contribution in [1.29, 1.82) is 0 Å². The Hall–Kier alpha value is -1.62. The molecule has 0 spiro atoms. The van der Waals surface area contributed by atoms with Crippen LogP contribution < -0.4 is 5.32 Å². The monoisotopic (exact) mass is 323 g/mol. The van der Waals surface area contributed by atoms with E-state index in [1.807, 2.05) is 24.1 Å². The standard InChI is InChI=1S/C15H15Cl2N3O/c1-20(9-11-4-6-18-7-5-11)10-15(21)19-12-2-3-13(16)14(17)8-12/h2-8H,9-10H2,1H3,(H,19,21). The number of rotatable bonds is 5. The van der Waals surface area contributed by atoms with Gasteiger partial charge in [-0.15, -0.1) is 0 Å². The van der Waals surface area contributed by atoms with Gasteiger partial charge in [0.05, 0.1) is 16.6 Å². The minimum absolute atomic E-state index is 0.107. The Morgan fingerprint density at radius 3 is 2.57 bits per heavy atom. The molecule has 1 amide bonds. The van der Waals surface area contributed by atoms with Crippen molar-refractivity contribution in [3.8, 4) is 0 Å². The number of halogens is 2. The van der Waals surface area contributed by atoms with E-state index in [0.717, 1.165) is 5.56 Å². The molecule has 0 fully saturated rings. The summed E-state index contributed by atoms with van der Waals surface area (Å²) in [6, 6.07) is 8.85. The molecule has 0 unspecified atom stereocenters. The lowest BCUT2D eigenvalue weighted by Crippen LogP contribution is -2.29. The molecule has 0 aliphatic heterocycles. The van der Waals surface area contributed by atoms with Gasteiger partial charge in [-0.3, -0.25) is 14.7 Å². The largest absolute Gasteiger partial charge is 0.325 e. The van der Waals surface area contributed by atoms with E-state index in [9.17, 15) is 4.79 Å². The normalized spacial score (nSPS) is 10.7. The molecule has 0 saturated heterocycles. The van der Waals surface area contributed by atoms with Gasteiger partial charge in [0, 0.05) is 24.6 Å². The van der Waals surface area contributed by atoms with Crippen LogP contribution in [-0.2, 0) is 11.3 Å². The lowest BCUT2D eigenvalue weighted by atomic mass is 10.2. The summed E-state index contributed by atoms with van der Waals surface area (Å²) < 4.78 is 0. The number of anilines is 1. The van der Waals surface area contributed by atoms with Crippen LogP contribution in [0.15, 0.2) is 42.7 Å². The molecule has 4 nitrogen and oxygen atoms in total. The first kappa shape index (κ1) is 15.8. The number of carbonyl (C=O) groups excluding carboxylic acids is 1. The van der Waals surface area contributed by atoms with Crippen LogP contribution in [-0.4, -0.2) is 29.4 Å². The van der Waals surface area contributed by atoms with Crippen LogP contribution in [0, 0.1) is 0 Å². The van der Waals surface area contributed by atoms with Crippen molar-refractivity contribution in [3.05, 3.63) is 58.3 Å². The quantitative estimate of drug-likeness (QED) is 0.916. The van der Waals surface area contributed by atoms with E-state index in [-0.39, 0.29) is 12.5 Å². The minimum atomic E-state index is -0.107. The molecule has 0 atom stereocenters. The number of likely N-dealkylation sites (N-methyl/N-ethyl adjacent to an activating group) is 1. The van der Waals surface area contributed by atoms with Crippen LogP contribution in [0.4, 0.5) is 5.69 Å². The second kappa shape index (κ2) is 7.41. The Bertz CT molecular complexity index is 620. The molecule has 1 aromatic heterocycles. The van der Waals surface area contributed by atoms with E-state index in [2.05, 4.69) is 10.3 Å². The highest BCUT2D eigenvalue weighted by Gasteiger charge is 2.08. The van der Waals surface area contributed by atoms with Gasteiger partial charge in [0.15, 0.2) is 0 Å². The molecular weight excluding hydrogens is 309 g/mol. The number of aromatic nitrogens is 1. The van der Waals surface area contributed by atoms with E-state index in [4.69, 9.17) is 23.2 Å². The van der Waals surface area contributed by atoms with Crippen molar-refractivity contribution < 1.29 is 4.79 Å². The van der Waals surface area contributed by atoms with Gasteiger partial charge >= 0.3 is 0 Å².